The molecule has 1 radical (unpaired) electrons. The third-order valence-corrected chi connectivity index (χ3v) is 1.73. The van der Waals surface area contributed by atoms with E-state index in [0.29, 0.717) is 0 Å². The van der Waals surface area contributed by atoms with E-state index < -0.39 is 0 Å². The van der Waals surface area contributed by atoms with Crippen molar-refractivity contribution >= 4 is 54.0 Å². The van der Waals surface area contributed by atoms with Gasteiger partial charge in [-0.2, -0.15) is 0 Å². The Balaban J connectivity index is 0.000000810. The summed E-state index contributed by atoms with van der Waals surface area (Å²) in [5.74, 6) is -0.343. The largest absolute Gasteiger partial charge is 0.276 e. The second-order valence-corrected chi connectivity index (χ2v) is 2.97. The summed E-state index contributed by atoms with van der Waals surface area (Å²) in [7, 11) is 0. The smallest absolute Gasteiger partial charge is 0.205 e. The predicted molar refractivity (Wildman–Crippen MR) is 47.1 cm³/mol. The molecule has 0 aliphatic heterocycles. The van der Waals surface area contributed by atoms with E-state index in [1.807, 2.05) is 0 Å². The summed E-state index contributed by atoms with van der Waals surface area (Å²) in [6, 6.07) is 4.75. The molecule has 51 valence electrons. The van der Waals surface area contributed by atoms with E-state index in [4.69, 9.17) is 11.6 Å². The van der Waals surface area contributed by atoms with Gasteiger partial charge in [0.05, 0.1) is 5.02 Å². The average molecular weight is 235 g/mol. The molecule has 0 spiro atoms. The van der Waals surface area contributed by atoms with Gasteiger partial charge < -0.3 is 0 Å². The number of hydrogen-bond acceptors (Lipinski definition) is 0. The maximum Gasteiger partial charge on any atom is 0.276 e. The van der Waals surface area contributed by atoms with Gasteiger partial charge in [0.1, 0.15) is 5.82 Å². The third kappa shape index (κ3) is 2.74. The molecule has 1 aromatic rings. The van der Waals surface area contributed by atoms with E-state index in [-0.39, 0.29) is 27.8 Å². The van der Waals surface area contributed by atoms with Crippen LogP contribution in [0, 0.1) is 5.82 Å². The Morgan fingerprint density at radius 3 is 2.40 bits per heavy atom. The van der Waals surface area contributed by atoms with Crippen molar-refractivity contribution in [3.8, 4) is 0 Å². The van der Waals surface area contributed by atoms with E-state index in [0.717, 1.165) is 3.69 Å². The first kappa shape index (κ1) is 10.7. The average Bonchev–Trinajstić information content (AvgIpc) is 1.80. The fourth-order valence-corrected chi connectivity index (χ4v) is 0.954. The molecule has 0 unspecified atom stereocenters. The van der Waals surface area contributed by atoms with Gasteiger partial charge >= 0.3 is 0 Å². The van der Waals surface area contributed by atoms with Crippen molar-refractivity contribution in [2.45, 2.75) is 0 Å². The molecule has 0 aliphatic rings. The highest BCUT2D eigenvalue weighted by molar-refractivity contribution is 8.93. The van der Waals surface area contributed by atoms with Gasteiger partial charge in [0.15, 0.2) is 0 Å². The first-order valence-electron chi connectivity index (χ1n) is 2.47. The highest BCUT2D eigenvalue weighted by Crippen LogP contribution is 2.10. The lowest BCUT2D eigenvalue weighted by Gasteiger charge is -1.95. The van der Waals surface area contributed by atoms with Gasteiger partial charge in [-0.05, 0) is 6.07 Å². The maximum atomic E-state index is 12.5. The normalized spacial score (nSPS) is 8.50. The van der Waals surface area contributed by atoms with Crippen molar-refractivity contribution < 1.29 is 4.39 Å². The summed E-state index contributed by atoms with van der Waals surface area (Å²) in [4.78, 5) is 0. The van der Waals surface area contributed by atoms with E-state index in [2.05, 4.69) is 0 Å². The lowest BCUT2D eigenvalue weighted by molar-refractivity contribution is 0.629. The molecule has 1 aromatic carbocycles. The Labute approximate surface area is 87.0 Å². The summed E-state index contributed by atoms with van der Waals surface area (Å²) in [6.45, 7) is 0. The highest BCUT2D eigenvalue weighted by Gasteiger charge is 1.94. The Hall–Kier alpha value is 0.686. The second-order valence-electron chi connectivity index (χ2n) is 1.75. The molecule has 0 bridgehead atoms. The van der Waals surface area contributed by atoms with Crippen molar-refractivity contribution in [1.29, 1.82) is 0 Å². The quantitative estimate of drug-likeness (QED) is 0.601. The van der Waals surface area contributed by atoms with E-state index >= 15 is 0 Å². The van der Waals surface area contributed by atoms with Gasteiger partial charge in [0, 0.05) is 0 Å². The Bertz CT molecular complexity index is 229. The predicted octanol–water partition coefficient (Wildman–Crippen LogP) is 1.85. The van der Waals surface area contributed by atoms with Gasteiger partial charge in [-0.1, -0.05) is 23.7 Å². The van der Waals surface area contributed by atoms with Crippen LogP contribution >= 0.6 is 28.6 Å². The van der Waals surface area contributed by atoms with Crippen LogP contribution in [-0.2, 0) is 0 Å². The second kappa shape index (κ2) is 4.54. The van der Waals surface area contributed by atoms with Gasteiger partial charge in [-0.3, -0.25) is 0 Å². The molecule has 0 amide bonds. The summed E-state index contributed by atoms with van der Waals surface area (Å²) in [5, 5.41) is 0.186. The summed E-state index contributed by atoms with van der Waals surface area (Å²) in [6.07, 6.45) is 0. The molecular formula is C6H4BrClFMg. The first-order valence-corrected chi connectivity index (χ1v) is 3.55. The molecule has 0 saturated heterocycles. The Morgan fingerprint density at radius 2 is 2.00 bits per heavy atom. The number of halogens is 3. The van der Waals surface area contributed by atoms with Crippen molar-refractivity contribution in [1.82, 2.24) is 0 Å². The van der Waals surface area contributed by atoms with Crippen LogP contribution in [0.2, 0.25) is 5.02 Å². The molecular weight excluding hydrogens is 231 g/mol. The molecule has 4 heteroatoms. The van der Waals surface area contributed by atoms with Crippen molar-refractivity contribution in [2.75, 3.05) is 0 Å². The van der Waals surface area contributed by atoms with E-state index in [9.17, 15) is 4.39 Å². The van der Waals surface area contributed by atoms with Gasteiger partial charge in [-0.25, -0.2) is 8.08 Å². The topological polar surface area (TPSA) is 0 Å². The van der Waals surface area contributed by atoms with Crippen LogP contribution in [-0.4, -0.2) is 21.7 Å². The van der Waals surface area contributed by atoms with Crippen LogP contribution in [0.15, 0.2) is 18.2 Å². The summed E-state index contributed by atoms with van der Waals surface area (Å²) < 4.78 is 13.4. The summed E-state index contributed by atoms with van der Waals surface area (Å²) >= 11 is 7.04. The van der Waals surface area contributed by atoms with Gasteiger partial charge in [0.25, 0.3) is 21.7 Å². The molecule has 0 atom stereocenters. The molecule has 0 aliphatic carbocycles. The zero-order chi connectivity index (χ0) is 6.85. The van der Waals surface area contributed by atoms with E-state index in [1.165, 1.54) is 6.07 Å². The molecule has 1 rings (SSSR count). The fourth-order valence-electron chi connectivity index (χ4n) is 0.540. The Kier molecular flexibility index (Phi) is 4.85. The molecule has 10 heavy (non-hydrogen) atoms. The minimum absolute atomic E-state index is 0. The van der Waals surface area contributed by atoms with Crippen molar-refractivity contribution in [3.63, 3.8) is 0 Å². The van der Waals surface area contributed by atoms with Gasteiger partial charge in [0.2, 0.25) is 0 Å². The van der Waals surface area contributed by atoms with Crippen LogP contribution in [0.25, 0.3) is 0 Å². The number of hydrogen-bond donors (Lipinski definition) is 0. The number of benzene rings is 1. The van der Waals surface area contributed by atoms with E-state index in [1.54, 1.807) is 33.8 Å². The molecule has 0 heterocycles. The molecule has 0 saturated carbocycles. The van der Waals surface area contributed by atoms with Crippen LogP contribution < -0.4 is 3.69 Å². The van der Waals surface area contributed by atoms with Crippen LogP contribution in [0.5, 0.6) is 0 Å². The third-order valence-electron chi connectivity index (χ3n) is 0.984. The van der Waals surface area contributed by atoms with Crippen molar-refractivity contribution in [2.24, 2.45) is 0 Å². The maximum absolute atomic E-state index is 12.5. The van der Waals surface area contributed by atoms with Gasteiger partial charge in [-0.15, -0.1) is 17.0 Å². The molecule has 0 fully saturated rings. The molecule has 0 aromatic heterocycles. The standard InChI is InChI=1S/C6H3ClF.BrH.Mg/c7-5-3-1-2-4-6(5)8;;/h1,3-4H;1H;. The van der Waals surface area contributed by atoms with Crippen molar-refractivity contribution in [3.05, 3.63) is 29.0 Å². The van der Waals surface area contributed by atoms with Crippen LogP contribution in [0.3, 0.4) is 0 Å². The van der Waals surface area contributed by atoms with Crippen LogP contribution in [0.4, 0.5) is 4.39 Å². The minimum atomic E-state index is -0.343. The lowest BCUT2D eigenvalue weighted by atomic mass is 10.3. The zero-order valence-electron chi connectivity index (χ0n) is 5.10. The van der Waals surface area contributed by atoms with Crippen LogP contribution in [0.1, 0.15) is 0 Å². The minimum Gasteiger partial charge on any atom is -0.205 e. The zero-order valence-corrected chi connectivity index (χ0v) is 8.99. The lowest BCUT2D eigenvalue weighted by Crippen LogP contribution is -2.01. The molecule has 0 N–H and O–H groups in total. The highest BCUT2D eigenvalue weighted by atomic mass is 79.9. The SMILES string of the molecule is Br.Fc1c[c]([Mg])ccc1Cl. The first-order chi connectivity index (χ1) is 4.20. The number of rotatable bonds is 0. The monoisotopic (exact) mass is 233 g/mol. The molecule has 0 nitrogen and oxygen atoms in total. The summed E-state index contributed by atoms with van der Waals surface area (Å²) in [5.41, 5.74) is 0. The Morgan fingerprint density at radius 1 is 1.40 bits per heavy atom. The fraction of sp³-hybridized carbons (Fsp3) is 0.